The van der Waals surface area contributed by atoms with Crippen LogP contribution in [0.5, 0.6) is 0 Å². The summed E-state index contributed by atoms with van der Waals surface area (Å²) < 4.78 is 8.00. The average molecular weight is 357 g/mol. The second-order valence-corrected chi connectivity index (χ2v) is 6.17. The van der Waals surface area contributed by atoms with Gasteiger partial charge in [0.05, 0.1) is 6.61 Å². The van der Waals surface area contributed by atoms with Gasteiger partial charge in [-0.05, 0) is 29.5 Å². The molecule has 0 bridgehead atoms. The van der Waals surface area contributed by atoms with Crippen molar-refractivity contribution in [3.8, 4) is 0 Å². The van der Waals surface area contributed by atoms with E-state index in [1.54, 1.807) is 25.2 Å². The van der Waals surface area contributed by atoms with E-state index in [1.165, 1.54) is 10.5 Å². The third-order valence-corrected chi connectivity index (χ3v) is 4.34. The number of hydrogen-bond donors (Lipinski definition) is 1. The van der Waals surface area contributed by atoms with Crippen LogP contribution in [0.4, 0.5) is 0 Å². The first-order valence-corrected chi connectivity index (χ1v) is 7.81. The zero-order valence-electron chi connectivity index (χ0n) is 11.5. The predicted octanol–water partition coefficient (Wildman–Crippen LogP) is 2.46. The summed E-state index contributed by atoms with van der Waals surface area (Å²) in [5, 5.41) is 12.3. The molecule has 0 saturated heterocycles. The van der Waals surface area contributed by atoms with Crippen molar-refractivity contribution in [2.75, 3.05) is 20.3 Å². The van der Waals surface area contributed by atoms with Crippen LogP contribution < -0.4 is 5.32 Å². The molecule has 0 spiro atoms. The van der Waals surface area contributed by atoms with Gasteiger partial charge in [-0.3, -0.25) is 0 Å². The maximum absolute atomic E-state index is 5.03. The summed E-state index contributed by atoms with van der Waals surface area (Å²) in [6, 6.07) is 6.27. The van der Waals surface area contributed by atoms with Crippen LogP contribution in [0, 0.1) is 0 Å². The molecule has 1 aromatic carbocycles. The van der Waals surface area contributed by atoms with Crippen molar-refractivity contribution < 1.29 is 4.74 Å². The number of ether oxygens (including phenoxy) is 1. The fourth-order valence-corrected chi connectivity index (χ4v) is 3.08. The molecule has 108 valence electrons. The Balaban J connectivity index is 2.09. The molecule has 0 radical (unpaired) electrons. The molecule has 0 aliphatic rings. The number of methoxy groups -OCH3 is 1. The fraction of sp³-hybridized carbons (Fsp3) is 0.385. The zero-order chi connectivity index (χ0) is 14.4. The molecule has 7 heteroatoms. The lowest BCUT2D eigenvalue weighted by molar-refractivity contribution is 0.199. The Labute approximate surface area is 131 Å². The van der Waals surface area contributed by atoms with Crippen LogP contribution in [0.15, 0.2) is 39.1 Å². The molecular weight excluding hydrogens is 340 g/mol. The number of aromatic nitrogens is 3. The van der Waals surface area contributed by atoms with Crippen LogP contribution in [0.1, 0.15) is 5.56 Å². The van der Waals surface area contributed by atoms with E-state index in [1.807, 2.05) is 17.7 Å². The average Bonchev–Trinajstić information content (AvgIpc) is 2.82. The van der Waals surface area contributed by atoms with Gasteiger partial charge in [-0.15, -0.1) is 10.2 Å². The highest BCUT2D eigenvalue weighted by molar-refractivity contribution is 9.10. The van der Waals surface area contributed by atoms with Gasteiger partial charge in [0.1, 0.15) is 6.33 Å². The molecule has 0 fully saturated rings. The molecule has 1 N–H and O–H groups in total. The quantitative estimate of drug-likeness (QED) is 0.772. The first kappa shape index (κ1) is 15.5. The summed E-state index contributed by atoms with van der Waals surface area (Å²) in [6.07, 6.45) is 1.71. The Kier molecular flexibility index (Phi) is 6.03. The second-order valence-electron chi connectivity index (χ2n) is 4.25. The third-order valence-electron chi connectivity index (χ3n) is 2.70. The Bertz CT molecular complexity index is 561. The number of aryl methyl sites for hydroxylation is 1. The minimum atomic E-state index is 0.711. The van der Waals surface area contributed by atoms with E-state index in [0.717, 1.165) is 22.7 Å². The van der Waals surface area contributed by atoms with E-state index in [9.17, 15) is 0 Å². The number of rotatable bonds is 7. The summed E-state index contributed by atoms with van der Waals surface area (Å²) in [5.41, 5.74) is 1.23. The lowest BCUT2D eigenvalue weighted by Gasteiger charge is -2.10. The van der Waals surface area contributed by atoms with Crippen molar-refractivity contribution in [2.24, 2.45) is 7.05 Å². The van der Waals surface area contributed by atoms with E-state index >= 15 is 0 Å². The molecule has 1 aromatic heterocycles. The minimum Gasteiger partial charge on any atom is -0.383 e. The summed E-state index contributed by atoms with van der Waals surface area (Å²) in [5.74, 6) is 0. The molecule has 5 nitrogen and oxygen atoms in total. The van der Waals surface area contributed by atoms with Gasteiger partial charge in [-0.25, -0.2) is 0 Å². The number of nitrogens with one attached hydrogen (secondary N) is 1. The highest BCUT2D eigenvalue weighted by atomic mass is 79.9. The number of benzene rings is 1. The van der Waals surface area contributed by atoms with Gasteiger partial charge in [0.2, 0.25) is 0 Å². The van der Waals surface area contributed by atoms with Gasteiger partial charge < -0.3 is 14.6 Å². The van der Waals surface area contributed by atoms with Gasteiger partial charge >= 0.3 is 0 Å². The largest absolute Gasteiger partial charge is 0.383 e. The van der Waals surface area contributed by atoms with Gasteiger partial charge in [0.25, 0.3) is 0 Å². The van der Waals surface area contributed by atoms with E-state index in [0.29, 0.717) is 6.61 Å². The summed E-state index contributed by atoms with van der Waals surface area (Å²) >= 11 is 5.13. The van der Waals surface area contributed by atoms with Crippen molar-refractivity contribution in [1.29, 1.82) is 0 Å². The lowest BCUT2D eigenvalue weighted by atomic mass is 10.2. The van der Waals surface area contributed by atoms with Crippen molar-refractivity contribution in [1.82, 2.24) is 20.1 Å². The number of nitrogens with zero attached hydrogens (tertiary/aromatic N) is 3. The SMILES string of the molecule is COCCNCc1ccc(Br)cc1Sc1nncn1C. The zero-order valence-corrected chi connectivity index (χ0v) is 13.9. The summed E-state index contributed by atoms with van der Waals surface area (Å²) in [6.45, 7) is 2.35. The van der Waals surface area contributed by atoms with Crippen LogP contribution in [0.25, 0.3) is 0 Å². The number of halogens is 1. The van der Waals surface area contributed by atoms with Gasteiger partial charge in [-0.2, -0.15) is 0 Å². The van der Waals surface area contributed by atoms with Crippen LogP contribution >= 0.6 is 27.7 Å². The normalized spacial score (nSPS) is 10.9. The van der Waals surface area contributed by atoms with Crippen LogP contribution in [-0.2, 0) is 18.3 Å². The Morgan fingerprint density at radius 3 is 3.00 bits per heavy atom. The van der Waals surface area contributed by atoms with Crippen molar-refractivity contribution in [3.05, 3.63) is 34.6 Å². The molecule has 20 heavy (non-hydrogen) atoms. The number of hydrogen-bond acceptors (Lipinski definition) is 5. The fourth-order valence-electron chi connectivity index (χ4n) is 1.63. The molecule has 2 aromatic rings. The van der Waals surface area contributed by atoms with E-state index in [-0.39, 0.29) is 0 Å². The third kappa shape index (κ3) is 4.31. The van der Waals surface area contributed by atoms with Gasteiger partial charge in [0, 0.05) is 36.6 Å². The highest BCUT2D eigenvalue weighted by Crippen LogP contribution is 2.31. The Hall–Kier alpha value is -0.890. The lowest BCUT2D eigenvalue weighted by Crippen LogP contribution is -2.18. The first-order valence-electron chi connectivity index (χ1n) is 6.20. The van der Waals surface area contributed by atoms with E-state index in [4.69, 9.17) is 4.74 Å². The van der Waals surface area contributed by atoms with Crippen molar-refractivity contribution in [2.45, 2.75) is 16.6 Å². The van der Waals surface area contributed by atoms with E-state index < -0.39 is 0 Å². The minimum absolute atomic E-state index is 0.711. The molecule has 0 saturated carbocycles. The maximum atomic E-state index is 5.03. The second kappa shape index (κ2) is 7.78. The molecule has 0 aliphatic carbocycles. The molecule has 0 amide bonds. The Morgan fingerprint density at radius 1 is 1.45 bits per heavy atom. The van der Waals surface area contributed by atoms with Gasteiger partial charge in [0.15, 0.2) is 5.16 Å². The highest BCUT2D eigenvalue weighted by Gasteiger charge is 2.09. The molecular formula is C13H17BrN4OS. The molecule has 2 rings (SSSR count). The smallest absolute Gasteiger partial charge is 0.195 e. The van der Waals surface area contributed by atoms with Crippen LogP contribution in [-0.4, -0.2) is 35.0 Å². The standard InChI is InChI=1S/C13H17BrN4OS/c1-18-9-16-17-13(18)20-12-7-11(14)4-3-10(12)8-15-5-6-19-2/h3-4,7,9,15H,5-6,8H2,1-2H3. The predicted molar refractivity (Wildman–Crippen MR) is 82.9 cm³/mol. The molecule has 1 heterocycles. The monoisotopic (exact) mass is 356 g/mol. The van der Waals surface area contributed by atoms with Crippen LogP contribution in [0.3, 0.4) is 0 Å². The summed E-state index contributed by atoms with van der Waals surface area (Å²) in [4.78, 5) is 1.17. The first-order chi connectivity index (χ1) is 9.70. The van der Waals surface area contributed by atoms with E-state index in [2.05, 4.69) is 43.6 Å². The summed E-state index contributed by atoms with van der Waals surface area (Å²) in [7, 11) is 3.65. The topological polar surface area (TPSA) is 52.0 Å². The Morgan fingerprint density at radius 2 is 2.30 bits per heavy atom. The molecule has 0 atom stereocenters. The van der Waals surface area contributed by atoms with Crippen LogP contribution in [0.2, 0.25) is 0 Å². The maximum Gasteiger partial charge on any atom is 0.195 e. The van der Waals surface area contributed by atoms with Gasteiger partial charge in [-0.1, -0.05) is 22.0 Å². The molecule has 0 aliphatic heterocycles. The molecule has 0 unspecified atom stereocenters. The van der Waals surface area contributed by atoms with Crippen molar-refractivity contribution >= 4 is 27.7 Å². The van der Waals surface area contributed by atoms with Crippen molar-refractivity contribution in [3.63, 3.8) is 0 Å².